The van der Waals surface area contributed by atoms with Crippen LogP contribution in [-0.4, -0.2) is 31.7 Å². The van der Waals surface area contributed by atoms with E-state index < -0.39 is 0 Å². The summed E-state index contributed by atoms with van der Waals surface area (Å²) < 4.78 is 2.75. The number of aromatic nitrogens is 4. The van der Waals surface area contributed by atoms with Crippen molar-refractivity contribution in [2.45, 2.75) is 12.1 Å². The molecule has 0 unspecified atom stereocenters. The average molecular weight is 436 g/mol. The molecular formula is C16H13IN4OS. The van der Waals surface area contributed by atoms with Crippen molar-refractivity contribution in [1.82, 2.24) is 20.2 Å². The van der Waals surface area contributed by atoms with Crippen molar-refractivity contribution in [2.24, 2.45) is 0 Å². The molecule has 1 aromatic heterocycles. The number of hydrogen-bond acceptors (Lipinski definition) is 5. The highest BCUT2D eigenvalue weighted by Gasteiger charge is 2.12. The maximum atomic E-state index is 12.2. The van der Waals surface area contributed by atoms with Gasteiger partial charge in [0.15, 0.2) is 5.78 Å². The maximum absolute atomic E-state index is 12.2. The van der Waals surface area contributed by atoms with Gasteiger partial charge in [-0.3, -0.25) is 4.79 Å². The first-order chi connectivity index (χ1) is 11.1. The molecule has 0 atom stereocenters. The third kappa shape index (κ3) is 3.97. The van der Waals surface area contributed by atoms with Crippen molar-refractivity contribution in [3.05, 3.63) is 63.2 Å². The summed E-state index contributed by atoms with van der Waals surface area (Å²) in [7, 11) is 0. The lowest BCUT2D eigenvalue weighted by Gasteiger charge is -2.04. The molecule has 3 aromatic rings. The van der Waals surface area contributed by atoms with E-state index in [0.717, 1.165) is 9.26 Å². The summed E-state index contributed by atoms with van der Waals surface area (Å²) in [4.78, 5) is 12.2. The van der Waals surface area contributed by atoms with Gasteiger partial charge in [-0.25, -0.2) is 0 Å². The van der Waals surface area contributed by atoms with Crippen LogP contribution in [0.2, 0.25) is 0 Å². The minimum absolute atomic E-state index is 0.0601. The standard InChI is InChI=1S/C16H13IN4OS/c1-11-2-8-14(9-3-11)21-16(18-19-20-21)23-10-15(22)12-4-6-13(17)7-5-12/h2-9H,10H2,1H3. The Labute approximate surface area is 151 Å². The molecule has 0 aliphatic carbocycles. The molecule has 1 heterocycles. The number of aryl methyl sites for hydroxylation is 1. The summed E-state index contributed by atoms with van der Waals surface area (Å²) in [6.07, 6.45) is 0. The van der Waals surface area contributed by atoms with Crippen LogP contribution in [0.5, 0.6) is 0 Å². The molecule has 3 rings (SSSR count). The first-order valence-corrected chi connectivity index (χ1v) is 8.97. The highest BCUT2D eigenvalue weighted by molar-refractivity contribution is 14.1. The molecule has 23 heavy (non-hydrogen) atoms. The highest BCUT2D eigenvalue weighted by Crippen LogP contribution is 2.20. The molecule has 0 saturated carbocycles. The smallest absolute Gasteiger partial charge is 0.214 e. The van der Waals surface area contributed by atoms with Gasteiger partial charge in [0, 0.05) is 9.13 Å². The fraction of sp³-hybridized carbons (Fsp3) is 0.125. The SMILES string of the molecule is Cc1ccc(-n2nnnc2SCC(=O)c2ccc(I)cc2)cc1. The summed E-state index contributed by atoms with van der Waals surface area (Å²) in [5.74, 6) is 0.358. The third-order valence-corrected chi connectivity index (χ3v) is 4.86. The lowest BCUT2D eigenvalue weighted by molar-refractivity contribution is 0.102. The number of carbonyl (C=O) groups is 1. The summed E-state index contributed by atoms with van der Waals surface area (Å²) in [5.41, 5.74) is 2.75. The molecule has 0 amide bonds. The molecule has 0 aliphatic rings. The van der Waals surface area contributed by atoms with Crippen LogP contribution in [0.3, 0.4) is 0 Å². The van der Waals surface area contributed by atoms with Crippen LogP contribution in [0.4, 0.5) is 0 Å². The van der Waals surface area contributed by atoms with Crippen LogP contribution < -0.4 is 0 Å². The number of Topliss-reactive ketones (excluding diaryl/α,β-unsaturated/α-hetero) is 1. The molecular weight excluding hydrogens is 423 g/mol. The Morgan fingerprint density at radius 1 is 1.13 bits per heavy atom. The summed E-state index contributed by atoms with van der Waals surface area (Å²) >= 11 is 3.55. The van der Waals surface area contributed by atoms with Gasteiger partial charge in [-0.15, -0.1) is 5.10 Å². The molecule has 5 nitrogen and oxygen atoms in total. The van der Waals surface area contributed by atoms with E-state index in [-0.39, 0.29) is 5.78 Å². The van der Waals surface area contributed by atoms with Crippen LogP contribution in [0, 0.1) is 10.5 Å². The predicted molar refractivity (Wildman–Crippen MR) is 98.1 cm³/mol. The molecule has 0 saturated heterocycles. The zero-order valence-electron chi connectivity index (χ0n) is 12.3. The van der Waals surface area contributed by atoms with Crippen molar-refractivity contribution in [3.63, 3.8) is 0 Å². The van der Waals surface area contributed by atoms with E-state index in [1.807, 2.05) is 55.5 Å². The summed E-state index contributed by atoms with van der Waals surface area (Å²) in [6, 6.07) is 15.4. The number of hydrogen-bond donors (Lipinski definition) is 0. The predicted octanol–water partition coefficient (Wildman–Crippen LogP) is 3.55. The van der Waals surface area contributed by atoms with Crippen LogP contribution in [0.1, 0.15) is 15.9 Å². The number of tetrazole rings is 1. The molecule has 0 spiro atoms. The maximum Gasteiger partial charge on any atom is 0.214 e. The van der Waals surface area contributed by atoms with Crippen LogP contribution in [-0.2, 0) is 0 Å². The van der Waals surface area contributed by atoms with Gasteiger partial charge in [-0.2, -0.15) is 4.68 Å². The van der Waals surface area contributed by atoms with Gasteiger partial charge in [-0.1, -0.05) is 41.6 Å². The summed E-state index contributed by atoms with van der Waals surface area (Å²) in [5, 5.41) is 12.3. The minimum Gasteiger partial charge on any atom is -0.293 e. The van der Waals surface area contributed by atoms with E-state index >= 15 is 0 Å². The largest absolute Gasteiger partial charge is 0.293 e. The molecule has 2 aromatic carbocycles. The fourth-order valence-electron chi connectivity index (χ4n) is 1.97. The highest BCUT2D eigenvalue weighted by atomic mass is 127. The Morgan fingerprint density at radius 3 is 2.52 bits per heavy atom. The third-order valence-electron chi connectivity index (χ3n) is 3.22. The molecule has 0 N–H and O–H groups in total. The van der Waals surface area contributed by atoms with Gasteiger partial charge in [0.1, 0.15) is 0 Å². The van der Waals surface area contributed by atoms with Crippen molar-refractivity contribution in [3.8, 4) is 5.69 Å². The molecule has 0 fully saturated rings. The van der Waals surface area contributed by atoms with Crippen LogP contribution >= 0.6 is 34.4 Å². The van der Waals surface area contributed by atoms with Crippen molar-refractivity contribution in [2.75, 3.05) is 5.75 Å². The Kier molecular flexibility index (Phi) is 5.06. The van der Waals surface area contributed by atoms with Crippen molar-refractivity contribution >= 4 is 40.1 Å². The van der Waals surface area contributed by atoms with E-state index in [1.165, 1.54) is 17.3 Å². The first kappa shape index (κ1) is 16.1. The second-order valence-electron chi connectivity index (χ2n) is 4.93. The zero-order chi connectivity index (χ0) is 16.2. The lowest BCUT2D eigenvalue weighted by atomic mass is 10.2. The summed E-state index contributed by atoms with van der Waals surface area (Å²) in [6.45, 7) is 2.03. The Hall–Kier alpha value is -1.74. The van der Waals surface area contributed by atoms with Gasteiger partial charge in [0.05, 0.1) is 11.4 Å². The number of carbonyl (C=O) groups excluding carboxylic acids is 1. The first-order valence-electron chi connectivity index (χ1n) is 6.90. The topological polar surface area (TPSA) is 60.7 Å². The molecule has 116 valence electrons. The Balaban J connectivity index is 1.72. The molecule has 0 aliphatic heterocycles. The van der Waals surface area contributed by atoms with Gasteiger partial charge in [0.25, 0.3) is 0 Å². The second-order valence-corrected chi connectivity index (χ2v) is 7.12. The second kappa shape index (κ2) is 7.22. The monoisotopic (exact) mass is 436 g/mol. The van der Waals surface area contributed by atoms with Gasteiger partial charge in [-0.05, 0) is 64.2 Å². The number of benzene rings is 2. The van der Waals surface area contributed by atoms with E-state index in [2.05, 4.69) is 38.1 Å². The number of halogens is 1. The zero-order valence-corrected chi connectivity index (χ0v) is 15.3. The minimum atomic E-state index is 0.0601. The molecule has 0 radical (unpaired) electrons. The van der Waals surface area contributed by atoms with Gasteiger partial charge >= 0.3 is 0 Å². The van der Waals surface area contributed by atoms with E-state index in [4.69, 9.17) is 0 Å². The number of nitrogens with zero attached hydrogens (tertiary/aromatic N) is 4. The molecule has 7 heteroatoms. The van der Waals surface area contributed by atoms with E-state index in [0.29, 0.717) is 16.5 Å². The molecule has 0 bridgehead atoms. The quantitative estimate of drug-likeness (QED) is 0.348. The normalized spacial score (nSPS) is 10.7. The van der Waals surface area contributed by atoms with Crippen LogP contribution in [0.25, 0.3) is 5.69 Å². The van der Waals surface area contributed by atoms with E-state index in [9.17, 15) is 4.79 Å². The van der Waals surface area contributed by atoms with Gasteiger partial charge in [0.2, 0.25) is 5.16 Å². The number of ketones is 1. The van der Waals surface area contributed by atoms with Crippen molar-refractivity contribution in [1.29, 1.82) is 0 Å². The van der Waals surface area contributed by atoms with Crippen molar-refractivity contribution < 1.29 is 4.79 Å². The Morgan fingerprint density at radius 2 is 1.83 bits per heavy atom. The average Bonchev–Trinajstić information content (AvgIpc) is 3.02. The fourth-order valence-corrected chi connectivity index (χ4v) is 3.11. The van der Waals surface area contributed by atoms with Crippen LogP contribution in [0.15, 0.2) is 53.7 Å². The lowest BCUT2D eigenvalue weighted by Crippen LogP contribution is -2.05. The van der Waals surface area contributed by atoms with Gasteiger partial charge < -0.3 is 0 Å². The number of rotatable bonds is 5. The van der Waals surface area contributed by atoms with E-state index in [1.54, 1.807) is 4.68 Å². The number of thioether (sulfide) groups is 1. The Bertz CT molecular complexity index is 815.